The zero-order valence-electron chi connectivity index (χ0n) is 12.2. The van der Waals surface area contributed by atoms with E-state index in [0.29, 0.717) is 18.4 Å². The maximum atomic E-state index is 6.04. The van der Waals surface area contributed by atoms with Crippen molar-refractivity contribution in [3.05, 3.63) is 28.9 Å². The molecule has 2 aromatic rings. The Morgan fingerprint density at radius 2 is 2.00 bits per heavy atom. The van der Waals surface area contributed by atoms with Crippen LogP contribution in [0.2, 0.25) is 5.28 Å². The number of halogens is 1. The molecule has 1 aliphatic heterocycles. The molecule has 0 aromatic carbocycles. The van der Waals surface area contributed by atoms with E-state index in [9.17, 15) is 0 Å². The molecule has 6 nitrogen and oxygen atoms in total. The first-order valence-electron chi connectivity index (χ1n) is 7.05. The lowest BCUT2D eigenvalue weighted by molar-refractivity contribution is 0.480. The van der Waals surface area contributed by atoms with Gasteiger partial charge in [0, 0.05) is 20.1 Å². The largest absolute Gasteiger partial charge is 0.464 e. The number of aromatic nitrogens is 3. The van der Waals surface area contributed by atoms with E-state index in [1.54, 1.807) is 0 Å². The van der Waals surface area contributed by atoms with Gasteiger partial charge < -0.3 is 14.2 Å². The Balaban J connectivity index is 1.80. The minimum Gasteiger partial charge on any atom is -0.464 e. The Hall–Kier alpha value is -1.82. The summed E-state index contributed by atoms with van der Waals surface area (Å²) < 4.78 is 5.58. The molecule has 7 heteroatoms. The van der Waals surface area contributed by atoms with Crippen molar-refractivity contribution < 1.29 is 4.42 Å². The van der Waals surface area contributed by atoms with Gasteiger partial charge in [0.25, 0.3) is 0 Å². The van der Waals surface area contributed by atoms with Crippen LogP contribution in [0, 0.1) is 6.92 Å². The van der Waals surface area contributed by atoms with E-state index in [4.69, 9.17) is 16.0 Å². The monoisotopic (exact) mass is 307 g/mol. The predicted octanol–water partition coefficient (Wildman–Crippen LogP) is 2.66. The second-order valence-electron chi connectivity index (χ2n) is 5.27. The lowest BCUT2D eigenvalue weighted by Gasteiger charge is -2.19. The fraction of sp³-hybridized carbons (Fsp3) is 0.500. The average molecular weight is 308 g/mol. The van der Waals surface area contributed by atoms with Gasteiger partial charge in [0.05, 0.1) is 6.54 Å². The molecule has 0 N–H and O–H groups in total. The number of nitrogens with zero attached hydrogens (tertiary/aromatic N) is 5. The van der Waals surface area contributed by atoms with Crippen molar-refractivity contribution in [3.63, 3.8) is 0 Å². The highest BCUT2D eigenvalue weighted by atomic mass is 35.5. The number of rotatable bonds is 4. The molecule has 0 bridgehead atoms. The number of anilines is 2. The number of aryl methyl sites for hydroxylation is 1. The van der Waals surface area contributed by atoms with Crippen LogP contribution in [0.3, 0.4) is 0 Å². The van der Waals surface area contributed by atoms with Crippen LogP contribution in [-0.2, 0) is 6.54 Å². The quantitative estimate of drug-likeness (QED) is 0.865. The molecule has 1 aliphatic rings. The van der Waals surface area contributed by atoms with E-state index >= 15 is 0 Å². The molecule has 0 atom stereocenters. The lowest BCUT2D eigenvalue weighted by Crippen LogP contribution is -2.24. The second kappa shape index (κ2) is 5.89. The second-order valence-corrected chi connectivity index (χ2v) is 5.61. The van der Waals surface area contributed by atoms with Crippen molar-refractivity contribution in [1.29, 1.82) is 0 Å². The van der Waals surface area contributed by atoms with Gasteiger partial charge in [-0.2, -0.15) is 15.0 Å². The fourth-order valence-electron chi connectivity index (χ4n) is 2.43. The molecular weight excluding hydrogens is 290 g/mol. The minimum absolute atomic E-state index is 0.226. The van der Waals surface area contributed by atoms with Crippen LogP contribution in [0.15, 0.2) is 16.5 Å². The van der Waals surface area contributed by atoms with Gasteiger partial charge in [-0.25, -0.2) is 0 Å². The molecule has 21 heavy (non-hydrogen) atoms. The predicted molar refractivity (Wildman–Crippen MR) is 81.8 cm³/mol. The lowest BCUT2D eigenvalue weighted by atomic mass is 10.4. The van der Waals surface area contributed by atoms with E-state index in [2.05, 4.69) is 19.9 Å². The van der Waals surface area contributed by atoms with Crippen LogP contribution < -0.4 is 9.80 Å². The summed E-state index contributed by atoms with van der Waals surface area (Å²) >= 11 is 6.04. The van der Waals surface area contributed by atoms with Crippen LogP contribution in [0.5, 0.6) is 0 Å². The Bertz CT molecular complexity index is 624. The van der Waals surface area contributed by atoms with E-state index in [-0.39, 0.29) is 5.28 Å². The Labute approximate surface area is 128 Å². The summed E-state index contributed by atoms with van der Waals surface area (Å²) in [4.78, 5) is 17.0. The summed E-state index contributed by atoms with van der Waals surface area (Å²) in [6, 6.07) is 3.90. The van der Waals surface area contributed by atoms with Gasteiger partial charge in [0.15, 0.2) is 0 Å². The molecule has 0 spiro atoms. The van der Waals surface area contributed by atoms with E-state index in [1.807, 2.05) is 31.0 Å². The minimum atomic E-state index is 0.226. The van der Waals surface area contributed by atoms with E-state index in [1.165, 1.54) is 12.8 Å². The zero-order chi connectivity index (χ0) is 14.8. The van der Waals surface area contributed by atoms with Crippen LogP contribution in [0.1, 0.15) is 24.4 Å². The van der Waals surface area contributed by atoms with Gasteiger partial charge >= 0.3 is 0 Å². The highest BCUT2D eigenvalue weighted by molar-refractivity contribution is 6.28. The van der Waals surface area contributed by atoms with Gasteiger partial charge in [-0.15, -0.1) is 0 Å². The summed E-state index contributed by atoms with van der Waals surface area (Å²) in [5.74, 6) is 2.98. The fourth-order valence-corrected chi connectivity index (χ4v) is 2.58. The van der Waals surface area contributed by atoms with Crippen molar-refractivity contribution in [1.82, 2.24) is 15.0 Å². The third-order valence-electron chi connectivity index (χ3n) is 3.50. The summed E-state index contributed by atoms with van der Waals surface area (Å²) in [6.07, 6.45) is 2.33. The molecule has 3 rings (SSSR count). The van der Waals surface area contributed by atoms with Gasteiger partial charge in [-0.3, -0.25) is 0 Å². The van der Waals surface area contributed by atoms with Crippen molar-refractivity contribution in [2.75, 3.05) is 29.9 Å². The Kier molecular flexibility index (Phi) is 3.96. The molecule has 1 fully saturated rings. The van der Waals surface area contributed by atoms with Crippen molar-refractivity contribution in [3.8, 4) is 0 Å². The van der Waals surface area contributed by atoms with E-state index < -0.39 is 0 Å². The summed E-state index contributed by atoms with van der Waals surface area (Å²) in [6.45, 7) is 4.46. The highest BCUT2D eigenvalue weighted by Crippen LogP contribution is 2.21. The Morgan fingerprint density at radius 3 is 2.67 bits per heavy atom. The van der Waals surface area contributed by atoms with Gasteiger partial charge in [-0.05, 0) is 43.5 Å². The molecule has 3 heterocycles. The van der Waals surface area contributed by atoms with Crippen molar-refractivity contribution >= 4 is 23.5 Å². The average Bonchev–Trinajstić information content (AvgIpc) is 3.10. The zero-order valence-corrected chi connectivity index (χ0v) is 13.0. The molecule has 112 valence electrons. The molecule has 0 saturated carbocycles. The molecule has 1 saturated heterocycles. The number of hydrogen-bond donors (Lipinski definition) is 0. The first-order valence-corrected chi connectivity index (χ1v) is 7.42. The van der Waals surface area contributed by atoms with Crippen LogP contribution >= 0.6 is 11.6 Å². The smallest absolute Gasteiger partial charge is 0.231 e. The molecule has 0 unspecified atom stereocenters. The van der Waals surface area contributed by atoms with Crippen molar-refractivity contribution in [2.24, 2.45) is 0 Å². The van der Waals surface area contributed by atoms with Gasteiger partial charge in [-0.1, -0.05) is 0 Å². The summed E-state index contributed by atoms with van der Waals surface area (Å²) in [7, 11) is 1.91. The van der Waals surface area contributed by atoms with E-state index in [0.717, 1.165) is 24.6 Å². The standard InChI is InChI=1S/C14H18ClN5O/c1-10-5-6-11(21-10)9-19(2)13-16-12(15)17-14(18-13)20-7-3-4-8-20/h5-6H,3-4,7-9H2,1-2H3. The normalized spacial score (nSPS) is 14.7. The highest BCUT2D eigenvalue weighted by Gasteiger charge is 2.18. The van der Waals surface area contributed by atoms with Gasteiger partial charge in [0.1, 0.15) is 11.5 Å². The maximum Gasteiger partial charge on any atom is 0.231 e. The topological polar surface area (TPSA) is 58.3 Å². The van der Waals surface area contributed by atoms with Crippen LogP contribution in [-0.4, -0.2) is 35.1 Å². The summed E-state index contributed by atoms with van der Waals surface area (Å²) in [5.41, 5.74) is 0. The molecule has 0 aliphatic carbocycles. The SMILES string of the molecule is Cc1ccc(CN(C)c2nc(Cl)nc(N3CCCC3)n2)o1. The maximum absolute atomic E-state index is 6.04. The molecule has 0 amide bonds. The van der Waals surface area contributed by atoms with Crippen LogP contribution in [0.4, 0.5) is 11.9 Å². The first-order chi connectivity index (χ1) is 10.1. The third kappa shape index (κ3) is 3.26. The van der Waals surface area contributed by atoms with Crippen molar-refractivity contribution in [2.45, 2.75) is 26.3 Å². The third-order valence-corrected chi connectivity index (χ3v) is 3.67. The number of furan rings is 1. The van der Waals surface area contributed by atoms with Crippen LogP contribution in [0.25, 0.3) is 0 Å². The first kappa shape index (κ1) is 14.1. The molecular formula is C14H18ClN5O. The summed E-state index contributed by atoms with van der Waals surface area (Å²) in [5, 5.41) is 0.226. The Morgan fingerprint density at radius 1 is 1.24 bits per heavy atom. The molecule has 2 aromatic heterocycles. The van der Waals surface area contributed by atoms with Gasteiger partial charge in [0.2, 0.25) is 17.2 Å². The molecule has 0 radical (unpaired) electrons. The number of hydrogen-bond acceptors (Lipinski definition) is 6.